The first-order chi connectivity index (χ1) is 9.04. The Balaban J connectivity index is 2.70. The monoisotopic (exact) mass is 345 g/mol. The Morgan fingerprint density at radius 1 is 1.21 bits per heavy atom. The van der Waals surface area contributed by atoms with E-state index in [-0.39, 0.29) is 10.0 Å². The van der Waals surface area contributed by atoms with Gasteiger partial charge < -0.3 is 5.32 Å². The van der Waals surface area contributed by atoms with Crippen molar-refractivity contribution >= 4 is 27.5 Å². The Morgan fingerprint density at radius 3 is 2.63 bits per heavy atom. The minimum Gasteiger partial charge on any atom is -0.316 e. The van der Waals surface area contributed by atoms with Gasteiger partial charge in [-0.2, -0.15) is 0 Å². The smallest absolute Gasteiger partial charge is 0.148 e. The van der Waals surface area contributed by atoms with Gasteiger partial charge in [0.05, 0.1) is 10.0 Å². The van der Waals surface area contributed by atoms with Crippen LogP contribution in [-0.4, -0.2) is 7.05 Å². The first-order valence-corrected chi connectivity index (χ1v) is 6.78. The minimum absolute atomic E-state index is 0.0675. The summed E-state index contributed by atoms with van der Waals surface area (Å²) in [5, 5.41) is 3.41. The van der Waals surface area contributed by atoms with E-state index in [2.05, 4.69) is 21.2 Å². The molecule has 0 aliphatic rings. The lowest BCUT2D eigenvalue weighted by Crippen LogP contribution is -2.07. The zero-order chi connectivity index (χ0) is 14.0. The first kappa shape index (κ1) is 14.4. The molecular formula is C14H11BrClF2N. The van der Waals surface area contributed by atoms with Crippen LogP contribution >= 0.6 is 27.5 Å². The summed E-state index contributed by atoms with van der Waals surface area (Å²) < 4.78 is 28.3. The molecule has 0 radical (unpaired) electrons. The molecule has 0 aromatic heterocycles. The lowest BCUT2D eigenvalue weighted by atomic mass is 9.98. The fraction of sp³-hybridized carbons (Fsp3) is 0.143. The second kappa shape index (κ2) is 5.99. The molecule has 2 aromatic rings. The molecule has 0 bridgehead atoms. The van der Waals surface area contributed by atoms with Crippen LogP contribution in [0.25, 0.3) is 11.1 Å². The third-order valence-corrected chi connectivity index (χ3v) is 3.60. The van der Waals surface area contributed by atoms with Gasteiger partial charge >= 0.3 is 0 Å². The van der Waals surface area contributed by atoms with Crippen molar-refractivity contribution in [3.8, 4) is 11.1 Å². The van der Waals surface area contributed by atoms with Gasteiger partial charge in [-0.05, 0) is 58.4 Å². The van der Waals surface area contributed by atoms with Gasteiger partial charge in [0.15, 0.2) is 0 Å². The highest BCUT2D eigenvalue weighted by Crippen LogP contribution is 2.34. The summed E-state index contributed by atoms with van der Waals surface area (Å²) in [5.74, 6) is -1.24. The molecule has 0 saturated carbocycles. The van der Waals surface area contributed by atoms with E-state index in [1.807, 2.05) is 0 Å². The second-order valence-corrected chi connectivity index (χ2v) is 5.34. The van der Waals surface area contributed by atoms with Gasteiger partial charge in [0.25, 0.3) is 0 Å². The van der Waals surface area contributed by atoms with Crippen LogP contribution in [0.1, 0.15) is 5.56 Å². The standard InChI is InChI=1S/C14H11BrClF2N/c1-19-7-8-2-3-9(16)6-10(8)13-12(17)5-4-11(15)14(13)18/h2-6,19H,7H2,1H3. The van der Waals surface area contributed by atoms with Gasteiger partial charge in [0, 0.05) is 11.6 Å². The number of rotatable bonds is 3. The summed E-state index contributed by atoms with van der Waals surface area (Å²) in [6.07, 6.45) is 0. The minimum atomic E-state index is -0.625. The molecule has 0 amide bonds. The van der Waals surface area contributed by atoms with Crippen LogP contribution in [-0.2, 0) is 6.54 Å². The molecule has 1 N–H and O–H groups in total. The number of hydrogen-bond donors (Lipinski definition) is 1. The number of hydrogen-bond acceptors (Lipinski definition) is 1. The molecule has 0 atom stereocenters. The van der Waals surface area contributed by atoms with Gasteiger partial charge in [-0.25, -0.2) is 8.78 Å². The van der Waals surface area contributed by atoms with E-state index < -0.39 is 11.6 Å². The van der Waals surface area contributed by atoms with Gasteiger partial charge in [0.1, 0.15) is 11.6 Å². The quantitative estimate of drug-likeness (QED) is 0.790. The Labute approximate surface area is 123 Å². The maximum Gasteiger partial charge on any atom is 0.148 e. The van der Waals surface area contributed by atoms with Crippen molar-refractivity contribution in [2.45, 2.75) is 6.54 Å². The van der Waals surface area contributed by atoms with Crippen molar-refractivity contribution in [3.63, 3.8) is 0 Å². The van der Waals surface area contributed by atoms with Crippen LogP contribution in [0, 0.1) is 11.6 Å². The van der Waals surface area contributed by atoms with E-state index in [4.69, 9.17) is 11.6 Å². The molecule has 2 aromatic carbocycles. The summed E-state index contributed by atoms with van der Waals surface area (Å²) >= 11 is 9.00. The lowest BCUT2D eigenvalue weighted by molar-refractivity contribution is 0.585. The van der Waals surface area contributed by atoms with Crippen LogP contribution in [0.15, 0.2) is 34.8 Å². The Kier molecular flexibility index (Phi) is 4.55. The van der Waals surface area contributed by atoms with Crippen LogP contribution in [0.4, 0.5) is 8.78 Å². The molecule has 100 valence electrons. The van der Waals surface area contributed by atoms with Crippen LogP contribution < -0.4 is 5.32 Å². The molecule has 2 rings (SSSR count). The molecule has 0 saturated heterocycles. The van der Waals surface area contributed by atoms with E-state index in [9.17, 15) is 8.78 Å². The maximum atomic E-state index is 14.1. The van der Waals surface area contributed by atoms with E-state index in [1.165, 1.54) is 12.1 Å². The largest absolute Gasteiger partial charge is 0.316 e. The van der Waals surface area contributed by atoms with Gasteiger partial charge in [0.2, 0.25) is 0 Å². The predicted octanol–water partition coefficient (Wildman–Crippen LogP) is 4.77. The Morgan fingerprint density at radius 2 is 1.95 bits per heavy atom. The molecule has 1 nitrogen and oxygen atoms in total. The van der Waals surface area contributed by atoms with E-state index in [1.54, 1.807) is 25.2 Å². The van der Waals surface area contributed by atoms with Crippen molar-refractivity contribution in [2.75, 3.05) is 7.05 Å². The summed E-state index contributed by atoms with van der Waals surface area (Å²) in [7, 11) is 1.77. The highest BCUT2D eigenvalue weighted by Gasteiger charge is 2.17. The van der Waals surface area contributed by atoms with Crippen LogP contribution in [0.2, 0.25) is 5.02 Å². The van der Waals surface area contributed by atoms with E-state index in [0.29, 0.717) is 17.1 Å². The molecule has 0 fully saturated rings. The van der Waals surface area contributed by atoms with E-state index >= 15 is 0 Å². The summed E-state index contributed by atoms with van der Waals surface area (Å²) in [5.41, 5.74) is 1.17. The van der Waals surface area contributed by atoms with Crippen molar-refractivity contribution in [2.24, 2.45) is 0 Å². The zero-order valence-corrected chi connectivity index (χ0v) is 12.4. The van der Waals surface area contributed by atoms with Gasteiger partial charge in [-0.15, -0.1) is 0 Å². The molecule has 0 aliphatic carbocycles. The van der Waals surface area contributed by atoms with Gasteiger partial charge in [-0.1, -0.05) is 17.7 Å². The summed E-state index contributed by atoms with van der Waals surface area (Å²) in [6.45, 7) is 0.498. The van der Waals surface area contributed by atoms with Crippen molar-refractivity contribution < 1.29 is 8.78 Å². The van der Waals surface area contributed by atoms with Crippen LogP contribution in [0.5, 0.6) is 0 Å². The second-order valence-electron chi connectivity index (χ2n) is 4.05. The normalized spacial score (nSPS) is 10.8. The number of nitrogens with one attached hydrogen (secondary N) is 1. The highest BCUT2D eigenvalue weighted by atomic mass is 79.9. The first-order valence-electron chi connectivity index (χ1n) is 5.61. The predicted molar refractivity (Wildman–Crippen MR) is 77.3 cm³/mol. The fourth-order valence-electron chi connectivity index (χ4n) is 1.90. The fourth-order valence-corrected chi connectivity index (χ4v) is 2.40. The molecule has 19 heavy (non-hydrogen) atoms. The van der Waals surface area contributed by atoms with Gasteiger partial charge in [-0.3, -0.25) is 0 Å². The number of benzene rings is 2. The number of halogens is 4. The third-order valence-electron chi connectivity index (χ3n) is 2.75. The average molecular weight is 347 g/mol. The maximum absolute atomic E-state index is 14.1. The van der Waals surface area contributed by atoms with E-state index in [0.717, 1.165) is 5.56 Å². The topological polar surface area (TPSA) is 12.0 Å². The lowest BCUT2D eigenvalue weighted by Gasteiger charge is -2.12. The van der Waals surface area contributed by atoms with Crippen molar-refractivity contribution in [3.05, 3.63) is 57.0 Å². The molecule has 5 heteroatoms. The molecular weight excluding hydrogens is 336 g/mol. The molecule has 0 heterocycles. The summed E-state index contributed by atoms with van der Waals surface area (Å²) in [4.78, 5) is 0. The Bertz CT molecular complexity index is 617. The molecule has 0 spiro atoms. The van der Waals surface area contributed by atoms with Crippen LogP contribution in [0.3, 0.4) is 0 Å². The highest BCUT2D eigenvalue weighted by molar-refractivity contribution is 9.10. The third kappa shape index (κ3) is 2.96. The SMILES string of the molecule is CNCc1ccc(Cl)cc1-c1c(F)ccc(Br)c1F. The Hall–Kier alpha value is -0.970. The summed E-state index contributed by atoms with van der Waals surface area (Å²) in [6, 6.07) is 7.60. The van der Waals surface area contributed by atoms with Crippen molar-refractivity contribution in [1.29, 1.82) is 0 Å². The molecule has 0 aliphatic heterocycles. The zero-order valence-electron chi connectivity index (χ0n) is 10.1. The van der Waals surface area contributed by atoms with Crippen molar-refractivity contribution in [1.82, 2.24) is 5.32 Å². The molecule has 0 unspecified atom stereocenters. The average Bonchev–Trinajstić information content (AvgIpc) is 2.38.